The Morgan fingerprint density at radius 2 is 2.00 bits per heavy atom. The molecule has 0 radical (unpaired) electrons. The Morgan fingerprint density at radius 1 is 1.27 bits per heavy atom. The molecule has 0 atom stereocenters. The van der Waals surface area contributed by atoms with E-state index in [0.717, 1.165) is 10.9 Å². The quantitative estimate of drug-likeness (QED) is 0.834. The summed E-state index contributed by atoms with van der Waals surface area (Å²) in [4.78, 5) is 12.3. The summed E-state index contributed by atoms with van der Waals surface area (Å²) in [6, 6.07) is 5.63. The van der Waals surface area contributed by atoms with E-state index in [-0.39, 0.29) is 11.4 Å². The number of para-hydroxylation sites is 1. The van der Waals surface area contributed by atoms with Crippen LogP contribution < -0.4 is 15.4 Å². The van der Waals surface area contributed by atoms with Crippen molar-refractivity contribution < 1.29 is 13.9 Å². The van der Waals surface area contributed by atoms with Crippen molar-refractivity contribution in [2.24, 2.45) is 0 Å². The van der Waals surface area contributed by atoms with Crippen LogP contribution in [0.15, 0.2) is 22.6 Å². The average molecular weight is 304 g/mol. The summed E-state index contributed by atoms with van der Waals surface area (Å²) in [7, 11) is 1.59. The molecule has 0 aliphatic carbocycles. The molecule has 0 saturated heterocycles. The Bertz CT molecular complexity index is 668. The molecule has 0 unspecified atom stereocenters. The van der Waals surface area contributed by atoms with E-state index in [4.69, 9.17) is 9.15 Å². The van der Waals surface area contributed by atoms with E-state index < -0.39 is 0 Å². The normalized spacial score (nSPS) is 11.7. The lowest BCUT2D eigenvalue weighted by Crippen LogP contribution is -2.41. The van der Waals surface area contributed by atoms with Crippen LogP contribution in [0.4, 0.5) is 0 Å². The number of carbonyl (C=O) groups excluding carboxylic acids is 1. The van der Waals surface area contributed by atoms with Crippen LogP contribution in [0.2, 0.25) is 0 Å². The third-order valence-electron chi connectivity index (χ3n) is 3.42. The molecule has 0 bridgehead atoms. The monoisotopic (exact) mass is 304 g/mol. The molecule has 5 nitrogen and oxygen atoms in total. The zero-order valence-corrected chi connectivity index (χ0v) is 13.9. The molecular weight excluding hydrogens is 280 g/mol. The summed E-state index contributed by atoms with van der Waals surface area (Å²) < 4.78 is 11.0. The zero-order valence-electron chi connectivity index (χ0n) is 13.9. The summed E-state index contributed by atoms with van der Waals surface area (Å²) in [6.45, 7) is 9.40. The van der Waals surface area contributed by atoms with Crippen molar-refractivity contribution in [1.29, 1.82) is 0 Å². The number of benzene rings is 1. The van der Waals surface area contributed by atoms with Crippen LogP contribution >= 0.6 is 0 Å². The molecular formula is C17H24N2O3. The van der Waals surface area contributed by atoms with Gasteiger partial charge in [0.1, 0.15) is 0 Å². The maximum atomic E-state index is 12.3. The molecule has 2 rings (SSSR count). The number of ether oxygens (including phenoxy) is 1. The molecule has 120 valence electrons. The molecule has 22 heavy (non-hydrogen) atoms. The van der Waals surface area contributed by atoms with Gasteiger partial charge in [-0.15, -0.1) is 0 Å². The highest BCUT2D eigenvalue weighted by Gasteiger charge is 2.19. The molecule has 1 aromatic heterocycles. The second-order valence-corrected chi connectivity index (χ2v) is 6.33. The minimum atomic E-state index is -0.202. The summed E-state index contributed by atoms with van der Waals surface area (Å²) in [5, 5.41) is 7.10. The van der Waals surface area contributed by atoms with Gasteiger partial charge < -0.3 is 19.8 Å². The molecule has 2 N–H and O–H groups in total. The van der Waals surface area contributed by atoms with E-state index in [1.807, 2.05) is 25.1 Å². The third kappa shape index (κ3) is 3.60. The highest BCUT2D eigenvalue weighted by atomic mass is 16.5. The number of fused-ring (bicyclic) bond motifs is 1. The number of hydrogen-bond acceptors (Lipinski definition) is 4. The van der Waals surface area contributed by atoms with Gasteiger partial charge in [-0.25, -0.2) is 0 Å². The summed E-state index contributed by atoms with van der Waals surface area (Å²) in [6.07, 6.45) is 0. The molecule has 0 spiro atoms. The lowest BCUT2D eigenvalue weighted by molar-refractivity contribution is 0.0926. The standard InChI is InChI=1S/C17H24N2O3/c1-11-12-7-6-8-13(21-5)15(12)22-14(11)16(20)18-9-10-19-17(2,3)4/h6-8,19H,9-10H2,1-5H3,(H,18,20). The number of hydrogen-bond donors (Lipinski definition) is 2. The Kier molecular flexibility index (Phi) is 4.76. The second kappa shape index (κ2) is 6.40. The van der Waals surface area contributed by atoms with Gasteiger partial charge in [-0.05, 0) is 33.8 Å². The second-order valence-electron chi connectivity index (χ2n) is 6.33. The number of nitrogens with one attached hydrogen (secondary N) is 2. The maximum Gasteiger partial charge on any atom is 0.287 e. The fourth-order valence-electron chi connectivity index (χ4n) is 2.29. The third-order valence-corrected chi connectivity index (χ3v) is 3.42. The van der Waals surface area contributed by atoms with Crippen molar-refractivity contribution in [2.45, 2.75) is 33.2 Å². The molecule has 0 aliphatic rings. The summed E-state index contributed by atoms with van der Waals surface area (Å²) >= 11 is 0. The van der Waals surface area contributed by atoms with E-state index in [9.17, 15) is 4.79 Å². The van der Waals surface area contributed by atoms with Crippen molar-refractivity contribution in [2.75, 3.05) is 20.2 Å². The summed E-state index contributed by atoms with van der Waals surface area (Å²) in [5.74, 6) is 0.774. The number of rotatable bonds is 5. The zero-order chi connectivity index (χ0) is 16.3. The van der Waals surface area contributed by atoms with Crippen LogP contribution in [0.25, 0.3) is 11.0 Å². The van der Waals surface area contributed by atoms with E-state index >= 15 is 0 Å². The smallest absolute Gasteiger partial charge is 0.287 e. The molecule has 1 amide bonds. The highest BCUT2D eigenvalue weighted by Crippen LogP contribution is 2.32. The minimum Gasteiger partial charge on any atom is -0.493 e. The number of furan rings is 1. The first-order chi connectivity index (χ1) is 10.3. The van der Waals surface area contributed by atoms with Crippen LogP contribution in [0.1, 0.15) is 36.9 Å². The fourth-order valence-corrected chi connectivity index (χ4v) is 2.29. The van der Waals surface area contributed by atoms with Gasteiger partial charge in [-0.3, -0.25) is 4.79 Å². The van der Waals surface area contributed by atoms with Gasteiger partial charge in [-0.1, -0.05) is 12.1 Å². The lowest BCUT2D eigenvalue weighted by Gasteiger charge is -2.20. The molecule has 1 aromatic carbocycles. The van der Waals surface area contributed by atoms with Gasteiger partial charge >= 0.3 is 0 Å². The van der Waals surface area contributed by atoms with Crippen LogP contribution in [0.3, 0.4) is 0 Å². The molecule has 0 saturated carbocycles. The predicted molar refractivity (Wildman–Crippen MR) is 87.6 cm³/mol. The average Bonchev–Trinajstić information content (AvgIpc) is 2.80. The predicted octanol–water partition coefficient (Wildman–Crippen LogP) is 2.87. The van der Waals surface area contributed by atoms with Crippen LogP contribution in [0, 0.1) is 6.92 Å². The van der Waals surface area contributed by atoms with Gasteiger partial charge in [0.15, 0.2) is 17.1 Å². The van der Waals surface area contributed by atoms with E-state index in [2.05, 4.69) is 31.4 Å². The van der Waals surface area contributed by atoms with Gasteiger partial charge in [-0.2, -0.15) is 0 Å². The van der Waals surface area contributed by atoms with Crippen LogP contribution in [-0.2, 0) is 0 Å². The van der Waals surface area contributed by atoms with Crippen LogP contribution in [0.5, 0.6) is 5.75 Å². The van der Waals surface area contributed by atoms with Crippen LogP contribution in [-0.4, -0.2) is 31.6 Å². The minimum absolute atomic E-state index is 0.0351. The van der Waals surface area contributed by atoms with Crippen molar-refractivity contribution in [1.82, 2.24) is 10.6 Å². The molecule has 0 fully saturated rings. The SMILES string of the molecule is COc1cccc2c(C)c(C(=O)NCCNC(C)(C)C)oc12. The topological polar surface area (TPSA) is 63.5 Å². The first-order valence-electron chi connectivity index (χ1n) is 7.43. The number of aryl methyl sites for hydroxylation is 1. The van der Waals surface area contributed by atoms with Crippen molar-refractivity contribution in [3.05, 3.63) is 29.5 Å². The lowest BCUT2D eigenvalue weighted by atomic mass is 10.1. The van der Waals surface area contributed by atoms with E-state index in [1.54, 1.807) is 7.11 Å². The van der Waals surface area contributed by atoms with Gasteiger partial charge in [0.25, 0.3) is 5.91 Å². The van der Waals surface area contributed by atoms with E-state index in [0.29, 0.717) is 30.2 Å². The maximum absolute atomic E-state index is 12.3. The Balaban J connectivity index is 2.10. The molecule has 5 heteroatoms. The number of methoxy groups -OCH3 is 1. The summed E-state index contributed by atoms with van der Waals surface area (Å²) in [5.41, 5.74) is 1.48. The fraction of sp³-hybridized carbons (Fsp3) is 0.471. The number of amides is 1. The number of carbonyl (C=O) groups is 1. The van der Waals surface area contributed by atoms with Gasteiger partial charge in [0.2, 0.25) is 0 Å². The Morgan fingerprint density at radius 3 is 2.64 bits per heavy atom. The Labute approximate surface area is 131 Å². The Hall–Kier alpha value is -2.01. The highest BCUT2D eigenvalue weighted by molar-refractivity contribution is 6.00. The van der Waals surface area contributed by atoms with Gasteiger partial charge in [0, 0.05) is 29.6 Å². The van der Waals surface area contributed by atoms with E-state index in [1.165, 1.54) is 0 Å². The van der Waals surface area contributed by atoms with Gasteiger partial charge in [0.05, 0.1) is 7.11 Å². The van der Waals surface area contributed by atoms with Crippen molar-refractivity contribution in [3.63, 3.8) is 0 Å². The first-order valence-corrected chi connectivity index (χ1v) is 7.43. The van der Waals surface area contributed by atoms with Crippen molar-refractivity contribution >= 4 is 16.9 Å². The molecule has 0 aliphatic heterocycles. The largest absolute Gasteiger partial charge is 0.493 e. The first kappa shape index (κ1) is 16.4. The van der Waals surface area contributed by atoms with Crippen molar-refractivity contribution in [3.8, 4) is 5.75 Å². The molecule has 2 aromatic rings. The molecule has 1 heterocycles.